The summed E-state index contributed by atoms with van der Waals surface area (Å²) in [5.74, 6) is 0.837. The maximum absolute atomic E-state index is 12.6. The van der Waals surface area contributed by atoms with E-state index in [2.05, 4.69) is 32.7 Å². The Morgan fingerprint density at radius 2 is 1.63 bits per heavy atom. The molecule has 2 fully saturated rings. The van der Waals surface area contributed by atoms with E-state index in [9.17, 15) is 14.9 Å². The summed E-state index contributed by atoms with van der Waals surface area (Å²) < 4.78 is 0. The van der Waals surface area contributed by atoms with Crippen LogP contribution in [0.15, 0.2) is 35.1 Å². The molecule has 0 unspecified atom stereocenters. The molecule has 9 heteroatoms. The van der Waals surface area contributed by atoms with E-state index in [0.29, 0.717) is 50.7 Å². The van der Waals surface area contributed by atoms with Crippen molar-refractivity contribution in [3.05, 3.63) is 51.9 Å². The fourth-order valence-electron chi connectivity index (χ4n) is 5.33. The highest BCUT2D eigenvalue weighted by molar-refractivity contribution is 5.76. The molecule has 1 aromatic carbocycles. The second kappa shape index (κ2) is 14.0. The number of para-hydroxylation sites is 1. The van der Waals surface area contributed by atoms with E-state index in [1.807, 2.05) is 29.2 Å². The minimum absolute atomic E-state index is 0.145. The van der Waals surface area contributed by atoms with Gasteiger partial charge in [-0.25, -0.2) is 4.98 Å². The zero-order valence-electron chi connectivity index (χ0n) is 22.7. The third kappa shape index (κ3) is 7.57. The van der Waals surface area contributed by atoms with Crippen LogP contribution < -0.4 is 15.4 Å². The average molecular weight is 520 g/mol. The Hall–Kier alpha value is -3.38. The number of nitriles is 1. The van der Waals surface area contributed by atoms with E-state index in [0.717, 1.165) is 50.4 Å². The standard InChI is InChI=1S/C29H41N7O2/c1-2-3-4-5-6-7-12-28(38)35-17-19-36(20-18-35)29-31-25(21-27(37)32-29)23-33-13-15-34(16-14-33)26-11-9-8-10-24(26)22-30/h8-11,21H,2-7,12-20,23H2,1H3,(H,31,32,37). The van der Waals surface area contributed by atoms with Crippen LogP contribution in [0.5, 0.6) is 0 Å². The highest BCUT2D eigenvalue weighted by atomic mass is 16.2. The number of hydrogen-bond acceptors (Lipinski definition) is 7. The smallest absolute Gasteiger partial charge is 0.252 e. The molecule has 1 amide bonds. The number of rotatable bonds is 11. The summed E-state index contributed by atoms with van der Waals surface area (Å²) >= 11 is 0. The Morgan fingerprint density at radius 1 is 0.947 bits per heavy atom. The van der Waals surface area contributed by atoms with Gasteiger partial charge in [-0.1, -0.05) is 51.2 Å². The minimum atomic E-state index is -0.145. The van der Waals surface area contributed by atoms with Crippen LogP contribution >= 0.6 is 0 Å². The lowest BCUT2D eigenvalue weighted by molar-refractivity contribution is -0.131. The van der Waals surface area contributed by atoms with E-state index < -0.39 is 0 Å². The van der Waals surface area contributed by atoms with Crippen LogP contribution in [0.3, 0.4) is 0 Å². The molecule has 4 rings (SSSR count). The van der Waals surface area contributed by atoms with E-state index >= 15 is 0 Å². The van der Waals surface area contributed by atoms with Crippen LogP contribution in [0.25, 0.3) is 0 Å². The fourth-order valence-corrected chi connectivity index (χ4v) is 5.33. The van der Waals surface area contributed by atoms with Crippen molar-refractivity contribution < 1.29 is 4.79 Å². The topological polar surface area (TPSA) is 99.6 Å². The summed E-state index contributed by atoms with van der Waals surface area (Å²) in [5, 5.41) is 9.41. The Morgan fingerprint density at radius 3 is 2.37 bits per heavy atom. The molecular formula is C29H41N7O2. The Balaban J connectivity index is 1.25. The number of piperazine rings is 2. The summed E-state index contributed by atoms with van der Waals surface area (Å²) in [7, 11) is 0. The number of nitrogens with zero attached hydrogens (tertiary/aromatic N) is 6. The predicted molar refractivity (Wildman–Crippen MR) is 150 cm³/mol. The SMILES string of the molecule is CCCCCCCCC(=O)N1CCN(c2nc(CN3CCN(c4ccccc4C#N)CC3)cc(=O)[nH]2)CC1. The van der Waals surface area contributed by atoms with Gasteiger partial charge in [0, 0.05) is 71.4 Å². The summed E-state index contributed by atoms with van der Waals surface area (Å²) in [5.41, 5.74) is 2.30. The van der Waals surface area contributed by atoms with Gasteiger partial charge in [-0.05, 0) is 18.6 Å². The lowest BCUT2D eigenvalue weighted by Crippen LogP contribution is -2.49. The molecule has 2 aromatic rings. The maximum Gasteiger partial charge on any atom is 0.252 e. The lowest BCUT2D eigenvalue weighted by atomic mass is 10.1. The number of carbonyl (C=O) groups is 1. The van der Waals surface area contributed by atoms with Gasteiger partial charge in [0.2, 0.25) is 11.9 Å². The molecule has 0 spiro atoms. The molecule has 204 valence electrons. The molecule has 2 aliphatic heterocycles. The number of benzene rings is 1. The molecule has 9 nitrogen and oxygen atoms in total. The Kier molecular flexibility index (Phi) is 10.2. The van der Waals surface area contributed by atoms with Crippen molar-refractivity contribution in [2.45, 2.75) is 58.4 Å². The van der Waals surface area contributed by atoms with E-state index in [1.54, 1.807) is 6.07 Å². The van der Waals surface area contributed by atoms with E-state index in [-0.39, 0.29) is 11.5 Å². The van der Waals surface area contributed by atoms with Crippen LogP contribution in [0.1, 0.15) is 63.1 Å². The number of H-pyrrole nitrogens is 1. The molecule has 0 saturated carbocycles. The second-order valence-electron chi connectivity index (χ2n) is 10.3. The van der Waals surface area contributed by atoms with Gasteiger partial charge in [-0.15, -0.1) is 0 Å². The van der Waals surface area contributed by atoms with Gasteiger partial charge in [0.1, 0.15) is 6.07 Å². The first-order valence-electron chi connectivity index (χ1n) is 14.2. The number of amides is 1. The fraction of sp³-hybridized carbons (Fsp3) is 0.586. The lowest BCUT2D eigenvalue weighted by Gasteiger charge is -2.36. The summed E-state index contributed by atoms with van der Waals surface area (Å²) in [6.07, 6.45) is 7.73. The van der Waals surface area contributed by atoms with Crippen LogP contribution in [0, 0.1) is 11.3 Å². The van der Waals surface area contributed by atoms with Crippen molar-refractivity contribution in [1.29, 1.82) is 5.26 Å². The zero-order valence-corrected chi connectivity index (χ0v) is 22.7. The molecule has 1 N–H and O–H groups in total. The highest BCUT2D eigenvalue weighted by Crippen LogP contribution is 2.21. The Labute approximate surface area is 226 Å². The normalized spacial score (nSPS) is 16.5. The Bertz CT molecular complexity index is 1140. The first kappa shape index (κ1) is 27.6. The maximum atomic E-state index is 12.6. The van der Waals surface area contributed by atoms with Crippen LogP contribution in [0.4, 0.5) is 11.6 Å². The molecule has 0 atom stereocenters. The van der Waals surface area contributed by atoms with Crippen molar-refractivity contribution in [3.8, 4) is 6.07 Å². The number of anilines is 2. The molecule has 1 aromatic heterocycles. The average Bonchev–Trinajstić information content (AvgIpc) is 2.95. The van der Waals surface area contributed by atoms with Gasteiger partial charge < -0.3 is 14.7 Å². The van der Waals surface area contributed by atoms with Crippen molar-refractivity contribution >= 4 is 17.5 Å². The van der Waals surface area contributed by atoms with Gasteiger partial charge in [-0.2, -0.15) is 5.26 Å². The van der Waals surface area contributed by atoms with Crippen molar-refractivity contribution in [1.82, 2.24) is 19.8 Å². The van der Waals surface area contributed by atoms with E-state index in [1.165, 1.54) is 25.7 Å². The number of nitrogens with one attached hydrogen (secondary N) is 1. The van der Waals surface area contributed by atoms with Crippen molar-refractivity contribution in [2.24, 2.45) is 0 Å². The van der Waals surface area contributed by atoms with Gasteiger partial charge in [-0.3, -0.25) is 19.5 Å². The van der Waals surface area contributed by atoms with Gasteiger partial charge >= 0.3 is 0 Å². The van der Waals surface area contributed by atoms with Gasteiger partial charge in [0.15, 0.2) is 0 Å². The zero-order chi connectivity index (χ0) is 26.7. The van der Waals surface area contributed by atoms with Crippen LogP contribution in [-0.4, -0.2) is 78.0 Å². The van der Waals surface area contributed by atoms with E-state index in [4.69, 9.17) is 4.98 Å². The number of aromatic amines is 1. The summed E-state index contributed by atoms with van der Waals surface area (Å²) in [6.45, 7) is 8.81. The third-order valence-electron chi connectivity index (χ3n) is 7.58. The molecule has 0 bridgehead atoms. The molecule has 0 aliphatic carbocycles. The molecule has 2 aliphatic rings. The summed E-state index contributed by atoms with van der Waals surface area (Å²) in [6, 6.07) is 11.6. The number of carbonyl (C=O) groups excluding carboxylic acids is 1. The predicted octanol–water partition coefficient (Wildman–Crippen LogP) is 3.36. The van der Waals surface area contributed by atoms with Gasteiger partial charge in [0.25, 0.3) is 5.56 Å². The quantitative estimate of drug-likeness (QED) is 0.455. The van der Waals surface area contributed by atoms with Crippen LogP contribution in [-0.2, 0) is 11.3 Å². The number of aromatic nitrogens is 2. The summed E-state index contributed by atoms with van der Waals surface area (Å²) in [4.78, 5) is 41.3. The first-order valence-corrected chi connectivity index (χ1v) is 14.2. The molecule has 2 saturated heterocycles. The van der Waals surface area contributed by atoms with Crippen molar-refractivity contribution in [3.63, 3.8) is 0 Å². The first-order chi connectivity index (χ1) is 18.6. The van der Waals surface area contributed by atoms with Gasteiger partial charge in [0.05, 0.1) is 16.9 Å². The molecule has 3 heterocycles. The highest BCUT2D eigenvalue weighted by Gasteiger charge is 2.24. The van der Waals surface area contributed by atoms with Crippen LogP contribution in [0.2, 0.25) is 0 Å². The largest absolute Gasteiger partial charge is 0.368 e. The third-order valence-corrected chi connectivity index (χ3v) is 7.58. The number of hydrogen-bond donors (Lipinski definition) is 1. The monoisotopic (exact) mass is 519 g/mol. The minimum Gasteiger partial charge on any atom is -0.368 e. The molecular weight excluding hydrogens is 478 g/mol. The molecule has 0 radical (unpaired) electrons. The molecule has 38 heavy (non-hydrogen) atoms. The van der Waals surface area contributed by atoms with Crippen molar-refractivity contribution in [2.75, 3.05) is 62.2 Å². The number of unbranched alkanes of at least 4 members (excludes halogenated alkanes) is 5. The second-order valence-corrected chi connectivity index (χ2v) is 10.3.